The summed E-state index contributed by atoms with van der Waals surface area (Å²) in [4.78, 5) is 11.3. The van der Waals surface area contributed by atoms with E-state index >= 15 is 0 Å². The average molecular weight is 278 g/mol. The topological polar surface area (TPSA) is 76.0 Å². The van der Waals surface area contributed by atoms with Gasteiger partial charge in [-0.25, -0.2) is 4.79 Å². The summed E-state index contributed by atoms with van der Waals surface area (Å²) in [7, 11) is 2.84. The maximum Gasteiger partial charge on any atom is 0.335 e. The van der Waals surface area contributed by atoms with Crippen molar-refractivity contribution < 1.29 is 24.5 Å². The van der Waals surface area contributed by atoms with Gasteiger partial charge in [-0.1, -0.05) is 12.2 Å². The number of hydrogen-bond donors (Lipinski definition) is 2. The fourth-order valence-corrected chi connectivity index (χ4v) is 1.79. The van der Waals surface area contributed by atoms with E-state index in [4.69, 9.17) is 9.47 Å². The number of allylic oxidation sites excluding steroid dienone is 2. The van der Waals surface area contributed by atoms with Crippen molar-refractivity contribution in [1.29, 1.82) is 0 Å². The van der Waals surface area contributed by atoms with E-state index in [9.17, 15) is 15.0 Å². The molecule has 1 aromatic rings. The van der Waals surface area contributed by atoms with Crippen LogP contribution >= 0.6 is 0 Å². The molecule has 0 radical (unpaired) electrons. The van der Waals surface area contributed by atoms with Crippen LogP contribution in [0.5, 0.6) is 17.2 Å². The van der Waals surface area contributed by atoms with Crippen LogP contribution in [-0.4, -0.2) is 30.4 Å². The van der Waals surface area contributed by atoms with Crippen molar-refractivity contribution in [1.82, 2.24) is 0 Å². The zero-order chi connectivity index (χ0) is 15.3. The number of aromatic hydroxyl groups is 1. The Labute approximate surface area is 117 Å². The zero-order valence-electron chi connectivity index (χ0n) is 11.9. The van der Waals surface area contributed by atoms with Crippen LogP contribution in [0.15, 0.2) is 29.9 Å². The smallest absolute Gasteiger partial charge is 0.335 e. The van der Waals surface area contributed by atoms with Crippen molar-refractivity contribution >= 4 is 11.5 Å². The van der Waals surface area contributed by atoms with E-state index in [1.807, 2.05) is 0 Å². The number of phenols is 1. The molecular weight excluding hydrogens is 260 g/mol. The minimum absolute atomic E-state index is 0.116. The monoisotopic (exact) mass is 278 g/mol. The van der Waals surface area contributed by atoms with Gasteiger partial charge in [0, 0.05) is 0 Å². The highest BCUT2D eigenvalue weighted by atomic mass is 16.5. The summed E-state index contributed by atoms with van der Waals surface area (Å²) in [5.41, 5.74) is 1.32. The summed E-state index contributed by atoms with van der Waals surface area (Å²) in [6.45, 7) is 3.43. The number of phenolic OH excluding ortho intramolecular Hbond substituents is 1. The molecule has 0 saturated heterocycles. The Hall–Kier alpha value is -2.43. The summed E-state index contributed by atoms with van der Waals surface area (Å²) in [6.07, 6.45) is 3.17. The number of hydrogen-bond acceptors (Lipinski definition) is 4. The summed E-state index contributed by atoms with van der Waals surface area (Å²) >= 11 is 0. The largest absolute Gasteiger partial charge is 0.502 e. The second kappa shape index (κ2) is 6.65. The van der Waals surface area contributed by atoms with Gasteiger partial charge in [0.15, 0.2) is 11.5 Å². The van der Waals surface area contributed by atoms with E-state index in [1.165, 1.54) is 20.3 Å². The number of carbonyl (C=O) groups is 1. The highest BCUT2D eigenvalue weighted by molar-refractivity contribution is 5.99. The van der Waals surface area contributed by atoms with Crippen LogP contribution in [0.2, 0.25) is 0 Å². The Balaban J connectivity index is 3.52. The van der Waals surface area contributed by atoms with Gasteiger partial charge in [-0.3, -0.25) is 0 Å². The van der Waals surface area contributed by atoms with Gasteiger partial charge in [0.05, 0.1) is 19.8 Å². The molecule has 0 aliphatic rings. The SMILES string of the molecule is CC=CC(C(=O)O)=C(C)c1cc(OC)c(O)c(OC)c1. The maximum absolute atomic E-state index is 11.3. The summed E-state index contributed by atoms with van der Waals surface area (Å²) < 4.78 is 10.1. The van der Waals surface area contributed by atoms with E-state index in [-0.39, 0.29) is 22.8 Å². The van der Waals surface area contributed by atoms with Crippen LogP contribution in [-0.2, 0) is 4.79 Å². The molecule has 0 aromatic heterocycles. The Morgan fingerprint density at radius 3 is 2.05 bits per heavy atom. The number of methoxy groups -OCH3 is 2. The molecular formula is C15H18O5. The third kappa shape index (κ3) is 3.12. The lowest BCUT2D eigenvalue weighted by molar-refractivity contribution is -0.132. The Morgan fingerprint density at radius 1 is 1.20 bits per heavy atom. The number of carboxylic acids is 1. The zero-order valence-corrected chi connectivity index (χ0v) is 11.9. The van der Waals surface area contributed by atoms with Crippen molar-refractivity contribution in [3.8, 4) is 17.2 Å². The molecule has 2 N–H and O–H groups in total. The number of carboxylic acid groups (broad SMARTS) is 1. The van der Waals surface area contributed by atoms with Gasteiger partial charge in [-0.15, -0.1) is 0 Å². The number of rotatable bonds is 5. The van der Waals surface area contributed by atoms with Crippen LogP contribution < -0.4 is 9.47 Å². The molecule has 108 valence electrons. The molecule has 0 saturated carbocycles. The fourth-order valence-electron chi connectivity index (χ4n) is 1.79. The van der Waals surface area contributed by atoms with E-state index in [0.29, 0.717) is 11.1 Å². The lowest BCUT2D eigenvalue weighted by atomic mass is 10.00. The lowest BCUT2D eigenvalue weighted by Crippen LogP contribution is -2.01. The van der Waals surface area contributed by atoms with Crippen molar-refractivity contribution in [2.75, 3.05) is 14.2 Å². The first-order chi connectivity index (χ1) is 9.46. The van der Waals surface area contributed by atoms with Gasteiger partial charge in [-0.2, -0.15) is 0 Å². The minimum Gasteiger partial charge on any atom is -0.502 e. The predicted molar refractivity (Wildman–Crippen MR) is 76.3 cm³/mol. The Morgan fingerprint density at radius 2 is 1.70 bits per heavy atom. The van der Waals surface area contributed by atoms with Gasteiger partial charge >= 0.3 is 5.97 Å². The number of ether oxygens (including phenoxy) is 2. The maximum atomic E-state index is 11.3. The summed E-state index contributed by atoms with van der Waals surface area (Å²) in [6, 6.07) is 3.14. The average Bonchev–Trinajstić information content (AvgIpc) is 2.43. The highest BCUT2D eigenvalue weighted by Gasteiger charge is 2.15. The van der Waals surface area contributed by atoms with Gasteiger partial charge in [0.25, 0.3) is 0 Å². The van der Waals surface area contributed by atoms with Gasteiger partial charge in [0.1, 0.15) is 0 Å². The number of aliphatic carboxylic acids is 1. The second-order valence-corrected chi connectivity index (χ2v) is 4.07. The Bertz CT molecular complexity index is 545. The molecule has 0 fully saturated rings. The van der Waals surface area contributed by atoms with Crippen molar-refractivity contribution in [3.05, 3.63) is 35.4 Å². The van der Waals surface area contributed by atoms with Gasteiger partial charge < -0.3 is 19.7 Å². The summed E-state index contributed by atoms with van der Waals surface area (Å²) in [5.74, 6) is -0.686. The van der Waals surface area contributed by atoms with E-state index in [0.717, 1.165) is 0 Å². The lowest BCUT2D eigenvalue weighted by Gasteiger charge is -2.12. The summed E-state index contributed by atoms with van der Waals surface area (Å²) in [5, 5.41) is 19.1. The molecule has 5 heteroatoms. The molecule has 20 heavy (non-hydrogen) atoms. The Kier molecular flexibility index (Phi) is 5.20. The second-order valence-electron chi connectivity index (χ2n) is 4.07. The molecule has 5 nitrogen and oxygen atoms in total. The standard InChI is InChI=1S/C15H18O5/c1-5-6-11(15(17)18)9(2)10-7-12(19-3)14(16)13(8-10)20-4/h5-8,16H,1-4H3,(H,17,18). The van der Waals surface area contributed by atoms with Crippen LogP contribution in [0.25, 0.3) is 5.57 Å². The normalized spacial score (nSPS) is 12.2. The molecule has 0 heterocycles. The van der Waals surface area contributed by atoms with Crippen LogP contribution in [0, 0.1) is 0 Å². The third-order valence-corrected chi connectivity index (χ3v) is 2.88. The molecule has 0 bridgehead atoms. The minimum atomic E-state index is -1.02. The molecule has 1 aromatic carbocycles. The molecule has 0 aliphatic carbocycles. The van der Waals surface area contributed by atoms with E-state index < -0.39 is 5.97 Å². The van der Waals surface area contributed by atoms with E-state index in [2.05, 4.69) is 0 Å². The molecule has 0 spiro atoms. The molecule has 0 aliphatic heterocycles. The van der Waals surface area contributed by atoms with Crippen LogP contribution in [0.1, 0.15) is 19.4 Å². The van der Waals surface area contributed by atoms with Gasteiger partial charge in [0.2, 0.25) is 5.75 Å². The molecule has 1 rings (SSSR count). The van der Waals surface area contributed by atoms with Crippen LogP contribution in [0.3, 0.4) is 0 Å². The molecule has 0 unspecified atom stereocenters. The first kappa shape index (κ1) is 15.6. The first-order valence-electron chi connectivity index (χ1n) is 5.98. The predicted octanol–water partition coefficient (Wildman–Crippen LogP) is 2.84. The van der Waals surface area contributed by atoms with E-state index in [1.54, 1.807) is 32.1 Å². The molecule has 0 amide bonds. The van der Waals surface area contributed by atoms with Crippen LogP contribution in [0.4, 0.5) is 0 Å². The van der Waals surface area contributed by atoms with Crippen molar-refractivity contribution in [2.24, 2.45) is 0 Å². The molecule has 0 atom stereocenters. The fraction of sp³-hybridized carbons (Fsp3) is 0.267. The first-order valence-corrected chi connectivity index (χ1v) is 5.98. The number of benzene rings is 1. The quantitative estimate of drug-likeness (QED) is 0.640. The van der Waals surface area contributed by atoms with Gasteiger partial charge in [-0.05, 0) is 37.1 Å². The van der Waals surface area contributed by atoms with Crippen molar-refractivity contribution in [3.63, 3.8) is 0 Å². The highest BCUT2D eigenvalue weighted by Crippen LogP contribution is 2.39. The third-order valence-electron chi connectivity index (χ3n) is 2.88. The van der Waals surface area contributed by atoms with Crippen molar-refractivity contribution in [2.45, 2.75) is 13.8 Å².